The molecular weight excluding hydrogens is 402 g/mol. The van der Waals surface area contributed by atoms with Gasteiger partial charge in [0.05, 0.1) is 24.7 Å². The highest BCUT2D eigenvalue weighted by atomic mass is 79.9. The van der Waals surface area contributed by atoms with Crippen molar-refractivity contribution in [3.63, 3.8) is 0 Å². The molecule has 0 spiro atoms. The molecule has 2 aromatic rings. The Labute approximate surface area is 161 Å². The average molecular weight is 424 g/mol. The number of amides is 1. The second kappa shape index (κ2) is 9.63. The standard InChI is InChI=1S/C19H22BrNO3S/c1-4-8-21(13-15-7-6-10-25-15)19(22)14-11-16(20)18(24-9-5-2)17(12-14)23-3/h4,6-7,10-12H,1,5,8-9,13H2,2-3H3. The lowest BCUT2D eigenvalue weighted by atomic mass is 10.1. The summed E-state index contributed by atoms with van der Waals surface area (Å²) in [5.41, 5.74) is 0.547. The molecule has 1 aromatic heterocycles. The molecule has 25 heavy (non-hydrogen) atoms. The van der Waals surface area contributed by atoms with Crippen molar-refractivity contribution < 1.29 is 14.3 Å². The molecule has 1 aromatic carbocycles. The summed E-state index contributed by atoms with van der Waals surface area (Å²) >= 11 is 5.12. The lowest BCUT2D eigenvalue weighted by Crippen LogP contribution is -2.30. The van der Waals surface area contributed by atoms with Crippen LogP contribution in [0.1, 0.15) is 28.6 Å². The zero-order valence-electron chi connectivity index (χ0n) is 14.5. The second-order valence-electron chi connectivity index (χ2n) is 5.39. The summed E-state index contributed by atoms with van der Waals surface area (Å²) in [4.78, 5) is 15.9. The molecule has 0 bridgehead atoms. The molecule has 134 valence electrons. The Kier molecular flexibility index (Phi) is 7.52. The monoisotopic (exact) mass is 423 g/mol. The molecule has 0 aliphatic carbocycles. The third-order valence-corrected chi connectivity index (χ3v) is 4.94. The highest BCUT2D eigenvalue weighted by Crippen LogP contribution is 2.37. The van der Waals surface area contributed by atoms with Crippen LogP contribution in [0.15, 0.2) is 46.8 Å². The number of rotatable bonds is 9. The van der Waals surface area contributed by atoms with Gasteiger partial charge in [-0.15, -0.1) is 17.9 Å². The summed E-state index contributed by atoms with van der Waals surface area (Å²) in [6, 6.07) is 7.51. The maximum absolute atomic E-state index is 13.0. The van der Waals surface area contributed by atoms with Gasteiger partial charge in [-0.05, 0) is 45.9 Å². The number of nitrogens with zero attached hydrogens (tertiary/aromatic N) is 1. The Morgan fingerprint density at radius 3 is 2.84 bits per heavy atom. The van der Waals surface area contributed by atoms with Crippen LogP contribution in [0.5, 0.6) is 11.5 Å². The number of carbonyl (C=O) groups is 1. The van der Waals surface area contributed by atoms with Crippen LogP contribution in [0.25, 0.3) is 0 Å². The van der Waals surface area contributed by atoms with Crippen LogP contribution in [0, 0.1) is 0 Å². The van der Waals surface area contributed by atoms with Gasteiger partial charge in [0.1, 0.15) is 0 Å². The fourth-order valence-electron chi connectivity index (χ4n) is 2.34. The van der Waals surface area contributed by atoms with E-state index < -0.39 is 0 Å². The minimum absolute atomic E-state index is 0.0747. The molecule has 0 aliphatic rings. The summed E-state index contributed by atoms with van der Waals surface area (Å²) in [5, 5.41) is 2.01. The van der Waals surface area contributed by atoms with E-state index in [1.54, 1.807) is 41.6 Å². The van der Waals surface area contributed by atoms with Crippen LogP contribution in [0.3, 0.4) is 0 Å². The second-order valence-corrected chi connectivity index (χ2v) is 7.28. The Morgan fingerprint density at radius 2 is 2.24 bits per heavy atom. The topological polar surface area (TPSA) is 38.8 Å². The van der Waals surface area contributed by atoms with Crippen molar-refractivity contribution in [2.75, 3.05) is 20.3 Å². The smallest absolute Gasteiger partial charge is 0.254 e. The van der Waals surface area contributed by atoms with Crippen molar-refractivity contribution in [3.05, 3.63) is 57.2 Å². The van der Waals surface area contributed by atoms with E-state index in [2.05, 4.69) is 22.5 Å². The Hall–Kier alpha value is -1.79. The van der Waals surface area contributed by atoms with E-state index in [-0.39, 0.29) is 5.91 Å². The minimum Gasteiger partial charge on any atom is -0.493 e. The molecule has 1 heterocycles. The first-order valence-electron chi connectivity index (χ1n) is 8.03. The van der Waals surface area contributed by atoms with Crippen molar-refractivity contribution in [2.24, 2.45) is 0 Å². The van der Waals surface area contributed by atoms with Gasteiger partial charge >= 0.3 is 0 Å². The Bertz CT molecular complexity index is 716. The molecule has 0 atom stereocenters. The molecule has 0 aliphatic heterocycles. The van der Waals surface area contributed by atoms with E-state index in [9.17, 15) is 4.79 Å². The first-order chi connectivity index (χ1) is 12.1. The van der Waals surface area contributed by atoms with Crippen LogP contribution in [0.4, 0.5) is 0 Å². The molecule has 4 nitrogen and oxygen atoms in total. The molecule has 2 rings (SSSR count). The summed E-state index contributed by atoms with van der Waals surface area (Å²) in [7, 11) is 1.57. The van der Waals surface area contributed by atoms with E-state index in [1.165, 1.54) is 0 Å². The SMILES string of the molecule is C=CCN(Cc1cccs1)C(=O)c1cc(Br)c(OCCC)c(OC)c1. The zero-order valence-corrected chi connectivity index (χ0v) is 16.9. The third kappa shape index (κ3) is 5.09. The number of carbonyl (C=O) groups excluding carboxylic acids is 1. The molecule has 0 fully saturated rings. The molecule has 1 amide bonds. The van der Waals surface area contributed by atoms with Crippen molar-refractivity contribution in [1.29, 1.82) is 0 Å². The number of methoxy groups -OCH3 is 1. The molecule has 6 heteroatoms. The molecule has 0 saturated heterocycles. The largest absolute Gasteiger partial charge is 0.493 e. The summed E-state index contributed by atoms with van der Waals surface area (Å²) in [6.45, 7) is 7.41. The van der Waals surface area contributed by atoms with Gasteiger partial charge in [-0.3, -0.25) is 4.79 Å². The van der Waals surface area contributed by atoms with Gasteiger partial charge in [-0.1, -0.05) is 19.1 Å². The molecule has 0 radical (unpaired) electrons. The van der Waals surface area contributed by atoms with Gasteiger partial charge < -0.3 is 14.4 Å². The maximum Gasteiger partial charge on any atom is 0.254 e. The van der Waals surface area contributed by atoms with Crippen molar-refractivity contribution in [3.8, 4) is 11.5 Å². The van der Waals surface area contributed by atoms with Crippen LogP contribution in [-0.2, 0) is 6.54 Å². The van der Waals surface area contributed by atoms with Gasteiger partial charge in [0, 0.05) is 17.0 Å². The van der Waals surface area contributed by atoms with E-state index in [1.807, 2.05) is 24.4 Å². The van der Waals surface area contributed by atoms with Gasteiger partial charge in [0.15, 0.2) is 11.5 Å². The highest BCUT2D eigenvalue weighted by Gasteiger charge is 2.20. The highest BCUT2D eigenvalue weighted by molar-refractivity contribution is 9.10. The summed E-state index contributed by atoms with van der Waals surface area (Å²) in [5.74, 6) is 1.09. The van der Waals surface area contributed by atoms with Crippen molar-refractivity contribution >= 4 is 33.2 Å². The average Bonchev–Trinajstić information content (AvgIpc) is 3.12. The third-order valence-electron chi connectivity index (χ3n) is 3.49. The van der Waals surface area contributed by atoms with E-state index in [4.69, 9.17) is 9.47 Å². The van der Waals surface area contributed by atoms with Gasteiger partial charge in [-0.2, -0.15) is 0 Å². The fourth-order valence-corrected chi connectivity index (χ4v) is 3.61. The molecular formula is C19H22BrNO3S. The van der Waals surface area contributed by atoms with Crippen molar-refractivity contribution in [1.82, 2.24) is 4.90 Å². The molecule has 0 unspecified atom stereocenters. The fraction of sp³-hybridized carbons (Fsp3) is 0.316. The van der Waals surface area contributed by atoms with Crippen LogP contribution in [-0.4, -0.2) is 31.1 Å². The summed E-state index contributed by atoms with van der Waals surface area (Å²) in [6.07, 6.45) is 2.63. The lowest BCUT2D eigenvalue weighted by molar-refractivity contribution is 0.0763. The quantitative estimate of drug-likeness (QED) is 0.524. The van der Waals surface area contributed by atoms with Crippen molar-refractivity contribution in [2.45, 2.75) is 19.9 Å². The van der Waals surface area contributed by atoms with Gasteiger partial charge in [0.25, 0.3) is 5.91 Å². The van der Waals surface area contributed by atoms with Crippen LogP contribution < -0.4 is 9.47 Å². The predicted molar refractivity (Wildman–Crippen MR) is 106 cm³/mol. The van der Waals surface area contributed by atoms with E-state index in [0.29, 0.717) is 41.2 Å². The summed E-state index contributed by atoms with van der Waals surface area (Å²) < 4.78 is 11.8. The number of halogens is 1. The van der Waals surface area contributed by atoms with Crippen LogP contribution >= 0.6 is 27.3 Å². The van der Waals surface area contributed by atoms with E-state index >= 15 is 0 Å². The molecule has 0 saturated carbocycles. The number of thiophene rings is 1. The maximum atomic E-state index is 13.0. The zero-order chi connectivity index (χ0) is 18.2. The first kappa shape index (κ1) is 19.5. The first-order valence-corrected chi connectivity index (χ1v) is 9.70. The lowest BCUT2D eigenvalue weighted by Gasteiger charge is -2.21. The number of ether oxygens (including phenoxy) is 2. The molecule has 0 N–H and O–H groups in total. The number of hydrogen-bond acceptors (Lipinski definition) is 4. The van der Waals surface area contributed by atoms with Crippen LogP contribution in [0.2, 0.25) is 0 Å². The Balaban J connectivity index is 2.29. The minimum atomic E-state index is -0.0747. The van der Waals surface area contributed by atoms with Gasteiger partial charge in [0.2, 0.25) is 0 Å². The predicted octanol–water partition coefficient (Wildman–Crippen LogP) is 5.14. The Morgan fingerprint density at radius 1 is 1.44 bits per heavy atom. The van der Waals surface area contributed by atoms with E-state index in [0.717, 1.165) is 11.3 Å². The number of hydrogen-bond donors (Lipinski definition) is 0. The number of benzene rings is 1. The normalized spacial score (nSPS) is 10.4. The van der Waals surface area contributed by atoms with Gasteiger partial charge in [-0.25, -0.2) is 0 Å².